The molecule has 2 rings (SSSR count). The number of anilines is 1. The third-order valence-electron chi connectivity index (χ3n) is 3.22. The lowest BCUT2D eigenvalue weighted by Gasteiger charge is -2.21. The summed E-state index contributed by atoms with van der Waals surface area (Å²) in [5.41, 5.74) is 3.28. The first-order valence-corrected chi connectivity index (χ1v) is 7.14. The van der Waals surface area contributed by atoms with E-state index in [0.717, 1.165) is 30.2 Å². The van der Waals surface area contributed by atoms with Crippen LogP contribution in [0, 0.1) is 11.3 Å². The van der Waals surface area contributed by atoms with Crippen LogP contribution in [0.3, 0.4) is 0 Å². The average Bonchev–Trinajstić information content (AvgIpc) is 2.59. The van der Waals surface area contributed by atoms with E-state index < -0.39 is 0 Å². The zero-order valence-electron chi connectivity index (χ0n) is 12.6. The van der Waals surface area contributed by atoms with Crippen molar-refractivity contribution in [1.29, 1.82) is 5.26 Å². The van der Waals surface area contributed by atoms with Crippen molar-refractivity contribution >= 4 is 17.1 Å². The maximum Gasteiger partial charge on any atom is 0.0991 e. The van der Waals surface area contributed by atoms with Crippen molar-refractivity contribution in [3.8, 4) is 6.07 Å². The molecule has 0 aliphatic rings. The van der Waals surface area contributed by atoms with E-state index in [1.54, 1.807) is 24.3 Å². The van der Waals surface area contributed by atoms with E-state index in [0.29, 0.717) is 5.56 Å². The van der Waals surface area contributed by atoms with Gasteiger partial charge in [0.2, 0.25) is 0 Å². The van der Waals surface area contributed by atoms with E-state index in [4.69, 9.17) is 5.26 Å². The van der Waals surface area contributed by atoms with Gasteiger partial charge in [-0.1, -0.05) is 6.08 Å². The van der Waals surface area contributed by atoms with Crippen LogP contribution in [0.5, 0.6) is 0 Å². The van der Waals surface area contributed by atoms with Gasteiger partial charge in [-0.3, -0.25) is 0 Å². The van der Waals surface area contributed by atoms with Crippen LogP contribution in [0.4, 0.5) is 17.1 Å². The summed E-state index contributed by atoms with van der Waals surface area (Å²) in [6.45, 7) is 7.64. The van der Waals surface area contributed by atoms with Gasteiger partial charge in [0, 0.05) is 18.8 Å². The van der Waals surface area contributed by atoms with Crippen LogP contribution in [-0.4, -0.2) is 13.1 Å². The zero-order valence-corrected chi connectivity index (χ0v) is 12.6. The second-order valence-corrected chi connectivity index (χ2v) is 4.70. The molecule has 0 aromatic heterocycles. The largest absolute Gasteiger partial charge is 0.368 e. The molecule has 0 spiro atoms. The topological polar surface area (TPSA) is 51.8 Å². The highest BCUT2D eigenvalue weighted by Gasteiger charge is 2.01. The van der Waals surface area contributed by atoms with E-state index in [2.05, 4.69) is 34.7 Å². The third kappa shape index (κ3) is 4.03. The van der Waals surface area contributed by atoms with Gasteiger partial charge in [0.25, 0.3) is 0 Å². The van der Waals surface area contributed by atoms with Crippen LogP contribution in [-0.2, 0) is 0 Å². The normalized spacial score (nSPS) is 10.4. The molecule has 2 aromatic carbocycles. The molecule has 0 saturated carbocycles. The Morgan fingerprint density at radius 2 is 1.59 bits per heavy atom. The quantitative estimate of drug-likeness (QED) is 0.556. The minimum absolute atomic E-state index is 0.616. The number of azo groups is 1. The molecule has 0 aliphatic carbocycles. The Balaban J connectivity index is 2.08. The summed E-state index contributed by atoms with van der Waals surface area (Å²) in [4.78, 5) is 2.22. The van der Waals surface area contributed by atoms with Crippen molar-refractivity contribution in [2.75, 3.05) is 18.0 Å². The van der Waals surface area contributed by atoms with Crippen molar-refractivity contribution in [3.63, 3.8) is 0 Å². The summed E-state index contributed by atoms with van der Waals surface area (Å²) in [6, 6.07) is 17.0. The number of likely N-dealkylation sites (N-methyl/N-ethyl adjacent to an activating group) is 1. The van der Waals surface area contributed by atoms with Crippen molar-refractivity contribution in [2.45, 2.75) is 6.92 Å². The number of nitriles is 1. The molecular weight excluding hydrogens is 272 g/mol. The van der Waals surface area contributed by atoms with Crippen LogP contribution in [0.15, 0.2) is 71.4 Å². The van der Waals surface area contributed by atoms with Gasteiger partial charge in [0.05, 0.1) is 23.0 Å². The Hall–Kier alpha value is -2.93. The van der Waals surface area contributed by atoms with Gasteiger partial charge < -0.3 is 4.90 Å². The minimum atomic E-state index is 0.616. The number of hydrogen-bond acceptors (Lipinski definition) is 4. The zero-order chi connectivity index (χ0) is 15.8. The van der Waals surface area contributed by atoms with Crippen LogP contribution in [0.2, 0.25) is 0 Å². The molecule has 22 heavy (non-hydrogen) atoms. The van der Waals surface area contributed by atoms with Crippen LogP contribution in [0.25, 0.3) is 0 Å². The maximum atomic E-state index is 8.75. The monoisotopic (exact) mass is 290 g/mol. The summed E-state index contributed by atoms with van der Waals surface area (Å²) in [5.74, 6) is 0. The molecule has 0 atom stereocenters. The van der Waals surface area contributed by atoms with E-state index in [1.165, 1.54) is 0 Å². The second-order valence-electron chi connectivity index (χ2n) is 4.70. The Bertz CT molecular complexity index is 679. The molecule has 0 heterocycles. The lowest BCUT2D eigenvalue weighted by atomic mass is 10.2. The van der Waals surface area contributed by atoms with Gasteiger partial charge in [-0.2, -0.15) is 15.5 Å². The Morgan fingerprint density at radius 3 is 2.05 bits per heavy atom. The second kappa shape index (κ2) is 7.75. The third-order valence-corrected chi connectivity index (χ3v) is 3.22. The van der Waals surface area contributed by atoms with Crippen LogP contribution < -0.4 is 4.90 Å². The van der Waals surface area contributed by atoms with Gasteiger partial charge in [0.1, 0.15) is 0 Å². The molecule has 0 amide bonds. The lowest BCUT2D eigenvalue weighted by Crippen LogP contribution is -2.22. The molecule has 0 unspecified atom stereocenters. The van der Waals surface area contributed by atoms with Gasteiger partial charge in [-0.25, -0.2) is 0 Å². The highest BCUT2D eigenvalue weighted by atomic mass is 15.1. The number of hydrogen-bond donors (Lipinski definition) is 0. The standard InChI is InChI=1S/C18H18N4/c1-3-13-22(4-2)18-11-9-17(10-12-18)21-20-16-7-5-15(14-19)6-8-16/h3,5-12H,1,4,13H2,2H3. The number of nitrogens with zero attached hydrogens (tertiary/aromatic N) is 4. The summed E-state index contributed by atoms with van der Waals surface area (Å²) >= 11 is 0. The van der Waals surface area contributed by atoms with Gasteiger partial charge in [0.15, 0.2) is 0 Å². The first-order chi connectivity index (χ1) is 10.8. The molecule has 4 heteroatoms. The average molecular weight is 290 g/mol. The van der Waals surface area contributed by atoms with Crippen molar-refractivity contribution in [2.24, 2.45) is 10.2 Å². The molecule has 2 aromatic rings. The van der Waals surface area contributed by atoms with Crippen LogP contribution in [0.1, 0.15) is 12.5 Å². The molecule has 4 nitrogen and oxygen atoms in total. The number of rotatable bonds is 6. The first-order valence-electron chi connectivity index (χ1n) is 7.14. The number of benzene rings is 2. The Kier molecular flexibility index (Phi) is 5.44. The fourth-order valence-electron chi connectivity index (χ4n) is 2.02. The smallest absolute Gasteiger partial charge is 0.0991 e. The Morgan fingerprint density at radius 1 is 1.05 bits per heavy atom. The minimum Gasteiger partial charge on any atom is -0.368 e. The predicted octanol–water partition coefficient (Wildman–Crippen LogP) is 4.99. The fraction of sp³-hybridized carbons (Fsp3) is 0.167. The van der Waals surface area contributed by atoms with Crippen molar-refractivity contribution in [1.82, 2.24) is 0 Å². The highest BCUT2D eigenvalue weighted by molar-refractivity contribution is 5.53. The van der Waals surface area contributed by atoms with Crippen molar-refractivity contribution in [3.05, 3.63) is 66.7 Å². The highest BCUT2D eigenvalue weighted by Crippen LogP contribution is 2.22. The van der Waals surface area contributed by atoms with E-state index >= 15 is 0 Å². The van der Waals surface area contributed by atoms with E-state index in [-0.39, 0.29) is 0 Å². The maximum absolute atomic E-state index is 8.75. The van der Waals surface area contributed by atoms with E-state index in [1.807, 2.05) is 30.3 Å². The van der Waals surface area contributed by atoms with Crippen molar-refractivity contribution < 1.29 is 0 Å². The summed E-state index contributed by atoms with van der Waals surface area (Å²) < 4.78 is 0. The van der Waals surface area contributed by atoms with E-state index in [9.17, 15) is 0 Å². The lowest BCUT2D eigenvalue weighted by molar-refractivity contribution is 0.907. The molecule has 0 aliphatic heterocycles. The molecule has 0 bridgehead atoms. The SMILES string of the molecule is C=CCN(CC)c1ccc(N=Nc2ccc(C#N)cc2)cc1. The molecule has 110 valence electrons. The fourth-order valence-corrected chi connectivity index (χ4v) is 2.02. The summed E-state index contributed by atoms with van der Waals surface area (Å²) in [6.07, 6.45) is 1.89. The summed E-state index contributed by atoms with van der Waals surface area (Å²) in [7, 11) is 0. The predicted molar refractivity (Wildman–Crippen MR) is 89.9 cm³/mol. The molecule has 0 radical (unpaired) electrons. The molecule has 0 saturated heterocycles. The Labute approximate surface area is 131 Å². The molecule has 0 fully saturated rings. The molecule has 0 N–H and O–H groups in total. The molecular formula is C18H18N4. The summed E-state index contributed by atoms with van der Waals surface area (Å²) in [5, 5.41) is 17.1. The van der Waals surface area contributed by atoms with Crippen LogP contribution >= 0.6 is 0 Å². The van der Waals surface area contributed by atoms with Gasteiger partial charge in [-0.15, -0.1) is 6.58 Å². The van der Waals surface area contributed by atoms with Gasteiger partial charge >= 0.3 is 0 Å². The van der Waals surface area contributed by atoms with Gasteiger partial charge in [-0.05, 0) is 55.5 Å². The first kappa shape index (κ1) is 15.5.